The lowest BCUT2D eigenvalue weighted by Gasteiger charge is -2.22. The molecule has 4 heteroatoms. The first kappa shape index (κ1) is 16.0. The SMILES string of the molecule is COc1ccc(C(CN)C(O)CCCCCO)cc1. The predicted octanol–water partition coefficient (Wildman–Crippen LogP) is 1.65. The van der Waals surface area contributed by atoms with Crippen molar-refractivity contribution < 1.29 is 14.9 Å². The summed E-state index contributed by atoms with van der Waals surface area (Å²) in [5, 5.41) is 18.9. The molecule has 4 nitrogen and oxygen atoms in total. The molecule has 0 amide bonds. The van der Waals surface area contributed by atoms with E-state index in [-0.39, 0.29) is 12.5 Å². The third-order valence-electron chi connectivity index (χ3n) is 3.42. The van der Waals surface area contributed by atoms with Gasteiger partial charge < -0.3 is 20.7 Å². The molecule has 0 spiro atoms. The number of rotatable bonds is 9. The van der Waals surface area contributed by atoms with Gasteiger partial charge in [-0.2, -0.15) is 0 Å². The Kier molecular flexibility index (Phi) is 7.48. The molecule has 0 aliphatic rings. The van der Waals surface area contributed by atoms with E-state index in [2.05, 4.69) is 0 Å². The quantitative estimate of drug-likeness (QED) is 0.595. The van der Waals surface area contributed by atoms with E-state index in [0.29, 0.717) is 13.0 Å². The largest absolute Gasteiger partial charge is 0.497 e. The highest BCUT2D eigenvalue weighted by atomic mass is 16.5. The minimum atomic E-state index is -0.433. The van der Waals surface area contributed by atoms with E-state index < -0.39 is 6.10 Å². The molecule has 0 fully saturated rings. The Balaban J connectivity index is 2.54. The highest BCUT2D eigenvalue weighted by Crippen LogP contribution is 2.24. The van der Waals surface area contributed by atoms with Crippen LogP contribution < -0.4 is 10.5 Å². The van der Waals surface area contributed by atoms with Gasteiger partial charge in [0, 0.05) is 19.1 Å². The summed E-state index contributed by atoms with van der Waals surface area (Å²) in [6.07, 6.45) is 2.93. The molecule has 0 heterocycles. The van der Waals surface area contributed by atoms with Crippen LogP contribution in [-0.2, 0) is 0 Å². The zero-order chi connectivity index (χ0) is 14.1. The molecule has 0 aliphatic carbocycles. The maximum absolute atomic E-state index is 10.2. The van der Waals surface area contributed by atoms with Gasteiger partial charge in [-0.1, -0.05) is 25.0 Å². The van der Waals surface area contributed by atoms with E-state index in [0.717, 1.165) is 30.6 Å². The molecular formula is C15H25NO3. The number of aliphatic hydroxyl groups is 2. The van der Waals surface area contributed by atoms with Gasteiger partial charge in [-0.25, -0.2) is 0 Å². The molecule has 108 valence electrons. The summed E-state index contributed by atoms with van der Waals surface area (Å²) in [6.45, 7) is 0.641. The third-order valence-corrected chi connectivity index (χ3v) is 3.42. The van der Waals surface area contributed by atoms with E-state index in [9.17, 15) is 5.11 Å². The van der Waals surface area contributed by atoms with Crippen molar-refractivity contribution in [3.8, 4) is 5.75 Å². The van der Waals surface area contributed by atoms with Crippen molar-refractivity contribution in [2.24, 2.45) is 5.73 Å². The summed E-state index contributed by atoms with van der Waals surface area (Å²) in [5.74, 6) is 0.761. The van der Waals surface area contributed by atoms with Crippen LogP contribution in [-0.4, -0.2) is 36.6 Å². The van der Waals surface area contributed by atoms with Gasteiger partial charge in [0.2, 0.25) is 0 Å². The van der Waals surface area contributed by atoms with Crippen LogP contribution in [0.3, 0.4) is 0 Å². The van der Waals surface area contributed by atoms with Crippen LogP contribution in [0.4, 0.5) is 0 Å². The Morgan fingerprint density at radius 2 is 1.84 bits per heavy atom. The monoisotopic (exact) mass is 267 g/mol. The topological polar surface area (TPSA) is 75.7 Å². The molecule has 0 saturated heterocycles. The highest BCUT2D eigenvalue weighted by molar-refractivity contribution is 5.30. The molecule has 0 saturated carbocycles. The van der Waals surface area contributed by atoms with Gasteiger partial charge in [-0.15, -0.1) is 0 Å². The van der Waals surface area contributed by atoms with E-state index in [1.165, 1.54) is 0 Å². The first-order valence-electron chi connectivity index (χ1n) is 6.85. The van der Waals surface area contributed by atoms with Crippen LogP contribution >= 0.6 is 0 Å². The van der Waals surface area contributed by atoms with Crippen molar-refractivity contribution in [3.05, 3.63) is 29.8 Å². The average Bonchev–Trinajstić information content (AvgIpc) is 2.45. The van der Waals surface area contributed by atoms with Gasteiger partial charge in [-0.05, 0) is 30.5 Å². The molecule has 1 rings (SSSR count). The fourth-order valence-electron chi connectivity index (χ4n) is 2.21. The van der Waals surface area contributed by atoms with Crippen LogP contribution in [0.15, 0.2) is 24.3 Å². The molecule has 1 aromatic rings. The lowest BCUT2D eigenvalue weighted by Crippen LogP contribution is -2.25. The Bertz CT molecular complexity index is 340. The molecule has 1 aromatic carbocycles. The van der Waals surface area contributed by atoms with Crippen molar-refractivity contribution in [3.63, 3.8) is 0 Å². The molecule has 4 N–H and O–H groups in total. The number of nitrogens with two attached hydrogens (primary N) is 1. The summed E-state index contributed by atoms with van der Waals surface area (Å²) in [5.41, 5.74) is 6.82. The van der Waals surface area contributed by atoms with Crippen LogP contribution in [0.25, 0.3) is 0 Å². The van der Waals surface area contributed by atoms with Crippen LogP contribution in [0.2, 0.25) is 0 Å². The number of methoxy groups -OCH3 is 1. The molecule has 2 unspecified atom stereocenters. The van der Waals surface area contributed by atoms with Gasteiger partial charge in [-0.3, -0.25) is 0 Å². The van der Waals surface area contributed by atoms with E-state index in [1.54, 1.807) is 7.11 Å². The zero-order valence-corrected chi connectivity index (χ0v) is 11.6. The lowest BCUT2D eigenvalue weighted by atomic mass is 9.90. The molecule has 2 atom stereocenters. The zero-order valence-electron chi connectivity index (χ0n) is 11.6. The van der Waals surface area contributed by atoms with Crippen molar-refractivity contribution in [1.82, 2.24) is 0 Å². The standard InChI is InChI=1S/C15H25NO3/c1-19-13-8-6-12(7-9-13)14(11-16)15(18)5-3-2-4-10-17/h6-9,14-15,17-18H,2-5,10-11,16H2,1H3. The summed E-state index contributed by atoms with van der Waals surface area (Å²) in [6, 6.07) is 7.67. The predicted molar refractivity (Wildman–Crippen MR) is 76.4 cm³/mol. The average molecular weight is 267 g/mol. The van der Waals surface area contributed by atoms with Crippen LogP contribution in [0.5, 0.6) is 5.75 Å². The number of hydrogen-bond donors (Lipinski definition) is 3. The fraction of sp³-hybridized carbons (Fsp3) is 0.600. The maximum Gasteiger partial charge on any atom is 0.118 e. The van der Waals surface area contributed by atoms with E-state index in [1.807, 2.05) is 24.3 Å². The van der Waals surface area contributed by atoms with E-state index >= 15 is 0 Å². The summed E-state index contributed by atoms with van der Waals surface area (Å²) in [4.78, 5) is 0. The van der Waals surface area contributed by atoms with Gasteiger partial charge in [0.05, 0.1) is 13.2 Å². The normalized spacial score (nSPS) is 14.1. The van der Waals surface area contributed by atoms with Gasteiger partial charge in [0.15, 0.2) is 0 Å². The second-order valence-electron chi connectivity index (χ2n) is 4.76. The number of aliphatic hydroxyl groups excluding tert-OH is 2. The van der Waals surface area contributed by atoms with Gasteiger partial charge in [0.1, 0.15) is 5.75 Å². The van der Waals surface area contributed by atoms with Crippen molar-refractivity contribution >= 4 is 0 Å². The lowest BCUT2D eigenvalue weighted by molar-refractivity contribution is 0.131. The molecule has 0 bridgehead atoms. The smallest absolute Gasteiger partial charge is 0.118 e. The highest BCUT2D eigenvalue weighted by Gasteiger charge is 2.19. The Labute approximate surface area is 115 Å². The first-order chi connectivity index (χ1) is 9.22. The summed E-state index contributed by atoms with van der Waals surface area (Å²) < 4.78 is 5.12. The van der Waals surface area contributed by atoms with Crippen molar-refractivity contribution in [2.45, 2.75) is 37.7 Å². The first-order valence-corrected chi connectivity index (χ1v) is 6.85. The van der Waals surface area contributed by atoms with Crippen molar-refractivity contribution in [1.29, 1.82) is 0 Å². The summed E-state index contributed by atoms with van der Waals surface area (Å²) in [7, 11) is 1.63. The van der Waals surface area contributed by atoms with Crippen molar-refractivity contribution in [2.75, 3.05) is 20.3 Å². The minimum Gasteiger partial charge on any atom is -0.497 e. The van der Waals surface area contributed by atoms with Gasteiger partial charge in [0.25, 0.3) is 0 Å². The molecule has 19 heavy (non-hydrogen) atoms. The maximum atomic E-state index is 10.2. The third kappa shape index (κ3) is 5.19. The second-order valence-corrected chi connectivity index (χ2v) is 4.76. The number of hydrogen-bond acceptors (Lipinski definition) is 4. The van der Waals surface area contributed by atoms with Gasteiger partial charge >= 0.3 is 0 Å². The Morgan fingerprint density at radius 1 is 1.16 bits per heavy atom. The van der Waals surface area contributed by atoms with Crippen LogP contribution in [0, 0.1) is 0 Å². The fourth-order valence-corrected chi connectivity index (χ4v) is 2.21. The Hall–Kier alpha value is -1.10. The minimum absolute atomic E-state index is 0.0416. The molecular weight excluding hydrogens is 242 g/mol. The molecule has 0 radical (unpaired) electrons. The number of unbranched alkanes of at least 4 members (excludes halogenated alkanes) is 2. The number of ether oxygens (including phenoxy) is 1. The summed E-state index contributed by atoms with van der Waals surface area (Å²) >= 11 is 0. The van der Waals surface area contributed by atoms with E-state index in [4.69, 9.17) is 15.6 Å². The second kappa shape index (κ2) is 8.91. The number of benzene rings is 1. The molecule has 0 aliphatic heterocycles. The van der Waals surface area contributed by atoms with Crippen LogP contribution in [0.1, 0.15) is 37.2 Å². The Morgan fingerprint density at radius 3 is 2.37 bits per heavy atom. The molecule has 0 aromatic heterocycles.